The summed E-state index contributed by atoms with van der Waals surface area (Å²) >= 11 is 1.18. The van der Waals surface area contributed by atoms with Crippen molar-refractivity contribution in [3.63, 3.8) is 0 Å². The number of hydrogen-bond donors (Lipinski definition) is 3. The summed E-state index contributed by atoms with van der Waals surface area (Å²) in [5.74, 6) is 0.207. The lowest BCUT2D eigenvalue weighted by Crippen LogP contribution is -2.22. The molecule has 0 aliphatic rings. The summed E-state index contributed by atoms with van der Waals surface area (Å²) in [7, 11) is 0. The number of carbonyl (C=O) groups is 1. The van der Waals surface area contributed by atoms with Gasteiger partial charge in [-0.3, -0.25) is 4.79 Å². The van der Waals surface area contributed by atoms with Gasteiger partial charge in [-0.15, -0.1) is 10.2 Å². The Morgan fingerprint density at radius 3 is 2.79 bits per heavy atom. The first-order valence-corrected chi connectivity index (χ1v) is 9.46. The van der Waals surface area contributed by atoms with Crippen molar-refractivity contribution >= 4 is 34.4 Å². The number of aryl methyl sites for hydroxylation is 1. The van der Waals surface area contributed by atoms with Crippen LogP contribution in [0.25, 0.3) is 22.5 Å². The first kappa shape index (κ1) is 18.1. The van der Waals surface area contributed by atoms with E-state index < -0.39 is 5.25 Å². The number of nitrogens with zero attached hydrogens (tertiary/aromatic N) is 2. The Morgan fingerprint density at radius 2 is 1.96 bits per heavy atom. The molecule has 1 amide bonds. The number of aromatic amines is 2. The molecule has 0 unspecified atom stereocenters. The van der Waals surface area contributed by atoms with E-state index in [0.717, 1.165) is 11.1 Å². The molecule has 0 radical (unpaired) electrons. The topological polar surface area (TPSA) is 117 Å². The number of thioether (sulfide) groups is 1. The number of fused-ring (bicyclic) bond motifs is 1. The van der Waals surface area contributed by atoms with Crippen molar-refractivity contribution in [3.8, 4) is 11.5 Å². The minimum atomic E-state index is -0.452. The van der Waals surface area contributed by atoms with Gasteiger partial charge in [-0.2, -0.15) is 0 Å². The predicted molar refractivity (Wildman–Crippen MR) is 107 cm³/mol. The van der Waals surface area contributed by atoms with Crippen molar-refractivity contribution in [2.45, 2.75) is 24.3 Å². The quantitative estimate of drug-likeness (QED) is 0.446. The molecule has 9 heteroatoms. The van der Waals surface area contributed by atoms with Crippen LogP contribution in [0.2, 0.25) is 0 Å². The molecule has 0 aliphatic heterocycles. The fourth-order valence-corrected chi connectivity index (χ4v) is 3.39. The van der Waals surface area contributed by atoms with Crippen molar-refractivity contribution in [1.82, 2.24) is 20.2 Å². The molecule has 0 spiro atoms. The van der Waals surface area contributed by atoms with E-state index in [-0.39, 0.29) is 11.6 Å². The molecule has 2 heterocycles. The fourth-order valence-electron chi connectivity index (χ4n) is 2.71. The minimum Gasteiger partial charge on any atom is -0.411 e. The van der Waals surface area contributed by atoms with Crippen LogP contribution < -0.4 is 11.0 Å². The number of benzene rings is 2. The van der Waals surface area contributed by atoms with Gasteiger partial charge in [0.15, 0.2) is 0 Å². The van der Waals surface area contributed by atoms with E-state index >= 15 is 0 Å². The van der Waals surface area contributed by atoms with Crippen LogP contribution in [0.5, 0.6) is 0 Å². The van der Waals surface area contributed by atoms with Gasteiger partial charge in [-0.25, -0.2) is 4.79 Å². The Bertz CT molecular complexity index is 1210. The van der Waals surface area contributed by atoms with E-state index in [0.29, 0.717) is 27.8 Å². The maximum absolute atomic E-state index is 12.5. The molecule has 2 aromatic heterocycles. The number of anilines is 1. The van der Waals surface area contributed by atoms with Crippen LogP contribution in [0.4, 0.5) is 5.69 Å². The smallest absolute Gasteiger partial charge is 0.323 e. The standard InChI is InChI=1S/C19H17N5O3S/c1-10-4-3-5-12(8-10)17-23-24-19(27-17)28-11(2)16(25)20-13-6-7-14-15(9-13)22-18(26)21-14/h3-9,11H,1-2H3,(H,20,25)(H2,21,22,26)/t11-/m1/s1. The number of H-pyrrole nitrogens is 2. The van der Waals surface area contributed by atoms with E-state index in [1.807, 2.05) is 31.2 Å². The molecular formula is C19H17N5O3S. The molecule has 0 aliphatic carbocycles. The van der Waals surface area contributed by atoms with Gasteiger partial charge in [0.2, 0.25) is 11.8 Å². The molecule has 28 heavy (non-hydrogen) atoms. The number of carbonyl (C=O) groups excluding carboxylic acids is 1. The van der Waals surface area contributed by atoms with Gasteiger partial charge in [-0.1, -0.05) is 29.5 Å². The van der Waals surface area contributed by atoms with Crippen molar-refractivity contribution in [1.29, 1.82) is 0 Å². The lowest BCUT2D eigenvalue weighted by molar-refractivity contribution is -0.115. The van der Waals surface area contributed by atoms with Crippen molar-refractivity contribution in [2.75, 3.05) is 5.32 Å². The Morgan fingerprint density at radius 1 is 1.14 bits per heavy atom. The Kier molecular flexibility index (Phi) is 4.74. The van der Waals surface area contributed by atoms with E-state index in [1.165, 1.54) is 11.8 Å². The zero-order chi connectivity index (χ0) is 19.7. The number of amides is 1. The largest absolute Gasteiger partial charge is 0.411 e. The molecule has 142 valence electrons. The van der Waals surface area contributed by atoms with Crippen LogP contribution in [0.1, 0.15) is 12.5 Å². The van der Waals surface area contributed by atoms with Crippen molar-refractivity contribution in [2.24, 2.45) is 0 Å². The van der Waals surface area contributed by atoms with Crippen LogP contribution in [0.15, 0.2) is 56.9 Å². The molecule has 4 rings (SSSR count). The highest BCUT2D eigenvalue weighted by Crippen LogP contribution is 2.27. The van der Waals surface area contributed by atoms with E-state index in [9.17, 15) is 9.59 Å². The van der Waals surface area contributed by atoms with E-state index in [1.54, 1.807) is 25.1 Å². The second kappa shape index (κ2) is 7.35. The lowest BCUT2D eigenvalue weighted by atomic mass is 10.1. The predicted octanol–water partition coefficient (Wildman–Crippen LogP) is 3.33. The monoisotopic (exact) mass is 395 g/mol. The summed E-state index contributed by atoms with van der Waals surface area (Å²) in [6.45, 7) is 3.75. The van der Waals surface area contributed by atoms with Crippen LogP contribution in [0, 0.1) is 6.92 Å². The van der Waals surface area contributed by atoms with Crippen molar-refractivity contribution < 1.29 is 9.21 Å². The molecule has 0 saturated heterocycles. The second-order valence-corrected chi connectivity index (χ2v) is 7.62. The van der Waals surface area contributed by atoms with Gasteiger partial charge >= 0.3 is 5.69 Å². The highest BCUT2D eigenvalue weighted by molar-refractivity contribution is 8.00. The third kappa shape index (κ3) is 3.84. The van der Waals surface area contributed by atoms with Gasteiger partial charge in [0, 0.05) is 11.3 Å². The summed E-state index contributed by atoms with van der Waals surface area (Å²) in [5, 5.41) is 10.8. The zero-order valence-corrected chi connectivity index (χ0v) is 16.0. The number of rotatable bonds is 5. The lowest BCUT2D eigenvalue weighted by Gasteiger charge is -2.09. The molecular weight excluding hydrogens is 378 g/mol. The van der Waals surface area contributed by atoms with Gasteiger partial charge < -0.3 is 19.7 Å². The Balaban J connectivity index is 1.43. The highest BCUT2D eigenvalue weighted by atomic mass is 32.2. The second-order valence-electron chi connectivity index (χ2n) is 6.33. The molecule has 0 saturated carbocycles. The van der Waals surface area contributed by atoms with E-state index in [2.05, 4.69) is 25.5 Å². The number of imidazole rings is 1. The van der Waals surface area contributed by atoms with E-state index in [4.69, 9.17) is 4.42 Å². The first-order valence-electron chi connectivity index (χ1n) is 8.58. The van der Waals surface area contributed by atoms with Crippen molar-refractivity contribution in [3.05, 3.63) is 58.5 Å². The summed E-state index contributed by atoms with van der Waals surface area (Å²) in [4.78, 5) is 29.1. The Hall–Kier alpha value is -3.33. The third-order valence-corrected chi connectivity index (χ3v) is 5.04. The molecule has 2 aromatic carbocycles. The minimum absolute atomic E-state index is 0.211. The molecule has 0 fully saturated rings. The summed E-state index contributed by atoms with van der Waals surface area (Å²) in [6.07, 6.45) is 0. The number of aromatic nitrogens is 4. The number of nitrogens with one attached hydrogen (secondary N) is 3. The zero-order valence-electron chi connectivity index (χ0n) is 15.1. The van der Waals surface area contributed by atoms with Gasteiger partial charge in [0.25, 0.3) is 5.22 Å². The Labute approximate surface area is 163 Å². The molecule has 8 nitrogen and oxygen atoms in total. The normalized spacial score (nSPS) is 12.2. The average molecular weight is 395 g/mol. The molecule has 0 bridgehead atoms. The van der Waals surface area contributed by atoms with Gasteiger partial charge in [0.05, 0.1) is 16.3 Å². The van der Waals surface area contributed by atoms with Crippen LogP contribution in [-0.2, 0) is 4.79 Å². The summed E-state index contributed by atoms with van der Waals surface area (Å²) < 4.78 is 5.67. The molecule has 4 aromatic rings. The summed E-state index contributed by atoms with van der Waals surface area (Å²) in [5.41, 5.74) is 3.54. The van der Waals surface area contributed by atoms with Crippen LogP contribution >= 0.6 is 11.8 Å². The van der Waals surface area contributed by atoms with Crippen LogP contribution in [-0.4, -0.2) is 31.3 Å². The molecule has 1 atom stereocenters. The number of hydrogen-bond acceptors (Lipinski definition) is 6. The summed E-state index contributed by atoms with van der Waals surface area (Å²) in [6, 6.07) is 12.9. The molecule has 3 N–H and O–H groups in total. The fraction of sp³-hybridized carbons (Fsp3) is 0.158. The van der Waals surface area contributed by atoms with Gasteiger partial charge in [-0.05, 0) is 44.2 Å². The first-order chi connectivity index (χ1) is 13.5. The third-order valence-electron chi connectivity index (χ3n) is 4.10. The highest BCUT2D eigenvalue weighted by Gasteiger charge is 2.19. The maximum Gasteiger partial charge on any atom is 0.323 e. The maximum atomic E-state index is 12.5. The van der Waals surface area contributed by atoms with Gasteiger partial charge in [0.1, 0.15) is 0 Å². The average Bonchev–Trinajstić information content (AvgIpc) is 3.27. The van der Waals surface area contributed by atoms with Crippen LogP contribution in [0.3, 0.4) is 0 Å². The SMILES string of the molecule is Cc1cccc(-c2nnc(S[C@H](C)C(=O)Nc3ccc4[nH]c(=O)[nH]c4c3)o2)c1.